The summed E-state index contributed by atoms with van der Waals surface area (Å²) in [5, 5.41) is 0. The Balaban J connectivity index is 2.40. The smallest absolute Gasteiger partial charge is 0.111 e. The van der Waals surface area contributed by atoms with E-state index in [2.05, 4.69) is 21.9 Å². The molecule has 0 saturated carbocycles. The van der Waals surface area contributed by atoms with Gasteiger partial charge in [0.25, 0.3) is 0 Å². The van der Waals surface area contributed by atoms with Crippen molar-refractivity contribution in [2.45, 2.75) is 19.8 Å². The third-order valence-corrected chi connectivity index (χ3v) is 2.68. The molecular formula is C12H16N4. The van der Waals surface area contributed by atoms with Gasteiger partial charge in [-0.2, -0.15) is 0 Å². The van der Waals surface area contributed by atoms with E-state index >= 15 is 0 Å². The fourth-order valence-electron chi connectivity index (χ4n) is 1.62. The summed E-state index contributed by atoms with van der Waals surface area (Å²) >= 11 is 0. The van der Waals surface area contributed by atoms with Gasteiger partial charge in [-0.05, 0) is 19.1 Å². The van der Waals surface area contributed by atoms with Gasteiger partial charge in [-0.25, -0.2) is 4.98 Å². The molecule has 0 aromatic carbocycles. The average Bonchev–Trinajstić information content (AvgIpc) is 2.71. The van der Waals surface area contributed by atoms with Crippen LogP contribution in [0.15, 0.2) is 24.5 Å². The molecule has 2 aromatic heterocycles. The van der Waals surface area contributed by atoms with Gasteiger partial charge in [0.1, 0.15) is 5.82 Å². The molecule has 0 amide bonds. The van der Waals surface area contributed by atoms with Gasteiger partial charge in [-0.3, -0.25) is 4.98 Å². The van der Waals surface area contributed by atoms with Crippen molar-refractivity contribution in [3.05, 3.63) is 36.0 Å². The Kier molecular flexibility index (Phi) is 3.01. The van der Waals surface area contributed by atoms with Crippen LogP contribution in [0.3, 0.4) is 0 Å². The van der Waals surface area contributed by atoms with Crippen LogP contribution in [0, 0.1) is 6.92 Å². The van der Waals surface area contributed by atoms with Crippen molar-refractivity contribution in [3.63, 3.8) is 0 Å². The number of aryl methyl sites for hydroxylation is 1. The number of nitrogens with one attached hydrogen (secondary N) is 1. The molecule has 2 heterocycles. The maximum Gasteiger partial charge on any atom is 0.111 e. The molecule has 1 unspecified atom stereocenters. The first-order chi connectivity index (χ1) is 7.72. The second-order valence-electron chi connectivity index (χ2n) is 3.97. The lowest BCUT2D eigenvalue weighted by Gasteiger charge is -2.02. The fourth-order valence-corrected chi connectivity index (χ4v) is 1.62. The van der Waals surface area contributed by atoms with E-state index in [0.717, 1.165) is 22.8 Å². The number of hydrogen-bond donors (Lipinski definition) is 2. The lowest BCUT2D eigenvalue weighted by molar-refractivity contribution is 0.723. The highest BCUT2D eigenvalue weighted by Crippen LogP contribution is 2.22. The van der Waals surface area contributed by atoms with E-state index in [4.69, 9.17) is 5.73 Å². The second-order valence-corrected chi connectivity index (χ2v) is 3.97. The number of aromatic nitrogens is 3. The van der Waals surface area contributed by atoms with E-state index in [1.807, 2.05) is 19.1 Å². The standard InChI is InChI=1S/C12H16N4/c1-8(7-13)12-15-9(2)11(16-12)10-3-5-14-6-4-10/h3-6,8H,7,13H2,1-2H3,(H,15,16). The fraction of sp³-hybridized carbons (Fsp3) is 0.333. The summed E-state index contributed by atoms with van der Waals surface area (Å²) in [6.07, 6.45) is 3.55. The highest BCUT2D eigenvalue weighted by atomic mass is 14.9. The highest BCUT2D eigenvalue weighted by molar-refractivity contribution is 5.61. The SMILES string of the molecule is Cc1[nH]c(C(C)CN)nc1-c1ccncc1. The molecule has 16 heavy (non-hydrogen) atoms. The molecular weight excluding hydrogens is 200 g/mol. The maximum absolute atomic E-state index is 5.63. The zero-order valence-corrected chi connectivity index (χ0v) is 9.57. The number of imidazole rings is 1. The zero-order chi connectivity index (χ0) is 11.5. The zero-order valence-electron chi connectivity index (χ0n) is 9.57. The van der Waals surface area contributed by atoms with Crippen molar-refractivity contribution in [3.8, 4) is 11.3 Å². The lowest BCUT2D eigenvalue weighted by atomic mass is 10.1. The van der Waals surface area contributed by atoms with E-state index in [0.29, 0.717) is 6.54 Å². The van der Waals surface area contributed by atoms with Gasteiger partial charge in [-0.15, -0.1) is 0 Å². The van der Waals surface area contributed by atoms with Gasteiger partial charge in [0.05, 0.1) is 5.69 Å². The normalized spacial score (nSPS) is 12.7. The molecule has 2 aromatic rings. The molecule has 0 aliphatic carbocycles. The molecule has 2 rings (SSSR count). The number of aromatic amines is 1. The Hall–Kier alpha value is -1.68. The molecule has 0 fully saturated rings. The van der Waals surface area contributed by atoms with Gasteiger partial charge in [0, 0.05) is 36.1 Å². The summed E-state index contributed by atoms with van der Waals surface area (Å²) in [6, 6.07) is 3.92. The topological polar surface area (TPSA) is 67.6 Å². The quantitative estimate of drug-likeness (QED) is 0.822. The first kappa shape index (κ1) is 10.8. The molecule has 1 atom stereocenters. The van der Waals surface area contributed by atoms with Gasteiger partial charge in [-0.1, -0.05) is 6.92 Å². The second kappa shape index (κ2) is 4.45. The van der Waals surface area contributed by atoms with Crippen molar-refractivity contribution in [1.82, 2.24) is 15.0 Å². The molecule has 84 valence electrons. The van der Waals surface area contributed by atoms with Crippen LogP contribution in [0.25, 0.3) is 11.3 Å². The van der Waals surface area contributed by atoms with Crippen LogP contribution in [0.4, 0.5) is 0 Å². The van der Waals surface area contributed by atoms with Crippen LogP contribution in [0.1, 0.15) is 24.4 Å². The third-order valence-electron chi connectivity index (χ3n) is 2.68. The monoisotopic (exact) mass is 216 g/mol. The van der Waals surface area contributed by atoms with Crippen LogP contribution in [0.5, 0.6) is 0 Å². The van der Waals surface area contributed by atoms with Gasteiger partial charge >= 0.3 is 0 Å². The Morgan fingerprint density at radius 1 is 1.38 bits per heavy atom. The molecule has 0 spiro atoms. The largest absolute Gasteiger partial charge is 0.345 e. The first-order valence-corrected chi connectivity index (χ1v) is 5.39. The van der Waals surface area contributed by atoms with Gasteiger partial charge < -0.3 is 10.7 Å². The lowest BCUT2D eigenvalue weighted by Crippen LogP contribution is -2.10. The van der Waals surface area contributed by atoms with Crippen molar-refractivity contribution >= 4 is 0 Å². The molecule has 0 bridgehead atoms. The van der Waals surface area contributed by atoms with Crippen LogP contribution in [-0.4, -0.2) is 21.5 Å². The predicted molar refractivity (Wildman–Crippen MR) is 64.0 cm³/mol. The number of H-pyrrole nitrogens is 1. The number of nitrogens with zero attached hydrogens (tertiary/aromatic N) is 2. The molecule has 4 nitrogen and oxygen atoms in total. The Bertz CT molecular complexity index is 461. The van der Waals surface area contributed by atoms with Crippen molar-refractivity contribution in [2.24, 2.45) is 5.73 Å². The number of nitrogens with two attached hydrogens (primary N) is 1. The Labute approximate surface area is 94.9 Å². The van der Waals surface area contributed by atoms with Gasteiger partial charge in [0.2, 0.25) is 0 Å². The van der Waals surface area contributed by atoms with E-state index in [9.17, 15) is 0 Å². The minimum absolute atomic E-state index is 0.259. The van der Waals surface area contributed by atoms with Crippen LogP contribution in [-0.2, 0) is 0 Å². The van der Waals surface area contributed by atoms with Crippen molar-refractivity contribution < 1.29 is 0 Å². The Morgan fingerprint density at radius 2 is 2.06 bits per heavy atom. The maximum atomic E-state index is 5.63. The first-order valence-electron chi connectivity index (χ1n) is 5.39. The van der Waals surface area contributed by atoms with E-state index in [-0.39, 0.29) is 5.92 Å². The number of hydrogen-bond acceptors (Lipinski definition) is 3. The molecule has 0 aliphatic rings. The molecule has 4 heteroatoms. The molecule has 0 saturated heterocycles. The Morgan fingerprint density at radius 3 is 2.69 bits per heavy atom. The average molecular weight is 216 g/mol. The third kappa shape index (κ3) is 1.97. The summed E-state index contributed by atoms with van der Waals surface area (Å²) < 4.78 is 0. The van der Waals surface area contributed by atoms with E-state index < -0.39 is 0 Å². The van der Waals surface area contributed by atoms with Crippen LogP contribution >= 0.6 is 0 Å². The minimum atomic E-state index is 0.259. The van der Waals surface area contributed by atoms with Crippen molar-refractivity contribution in [1.29, 1.82) is 0 Å². The highest BCUT2D eigenvalue weighted by Gasteiger charge is 2.12. The van der Waals surface area contributed by atoms with Crippen LogP contribution < -0.4 is 5.73 Å². The van der Waals surface area contributed by atoms with E-state index in [1.54, 1.807) is 12.4 Å². The summed E-state index contributed by atoms with van der Waals surface area (Å²) in [5.41, 5.74) is 8.77. The summed E-state index contributed by atoms with van der Waals surface area (Å²) in [4.78, 5) is 11.9. The molecule has 0 radical (unpaired) electrons. The minimum Gasteiger partial charge on any atom is -0.345 e. The molecule has 0 aliphatic heterocycles. The van der Waals surface area contributed by atoms with Gasteiger partial charge in [0.15, 0.2) is 0 Å². The molecule has 3 N–H and O–H groups in total. The number of rotatable bonds is 3. The predicted octanol–water partition coefficient (Wildman–Crippen LogP) is 1.84. The summed E-state index contributed by atoms with van der Waals surface area (Å²) in [5.74, 6) is 1.21. The number of pyridine rings is 1. The van der Waals surface area contributed by atoms with Crippen LogP contribution in [0.2, 0.25) is 0 Å². The van der Waals surface area contributed by atoms with E-state index in [1.165, 1.54) is 0 Å². The summed E-state index contributed by atoms with van der Waals surface area (Å²) in [7, 11) is 0. The summed E-state index contributed by atoms with van der Waals surface area (Å²) in [6.45, 7) is 4.69. The van der Waals surface area contributed by atoms with Crippen molar-refractivity contribution in [2.75, 3.05) is 6.54 Å².